The molecule has 1 aromatic heterocycles. The number of benzene rings is 2. The number of rotatable bonds is 8. The Hall–Kier alpha value is -3.13. The molecule has 8 heteroatoms. The molecule has 1 unspecified atom stereocenters. The maximum Gasteiger partial charge on any atom is 0.251 e. The molecule has 0 aliphatic rings. The molecular weight excluding hydrogens is 422 g/mol. The van der Waals surface area contributed by atoms with E-state index in [1.54, 1.807) is 12.1 Å². The molecule has 2 aromatic carbocycles. The van der Waals surface area contributed by atoms with Crippen molar-refractivity contribution < 1.29 is 9.59 Å². The minimum atomic E-state index is -0.307. The lowest BCUT2D eigenvalue weighted by Gasteiger charge is -2.21. The van der Waals surface area contributed by atoms with Gasteiger partial charge in [-0.3, -0.25) is 9.59 Å². The zero-order valence-corrected chi connectivity index (χ0v) is 19.9. The largest absolute Gasteiger partial charge is 0.342 e. The van der Waals surface area contributed by atoms with Gasteiger partial charge in [-0.25, -0.2) is 0 Å². The number of para-hydroxylation sites is 1. The van der Waals surface area contributed by atoms with E-state index in [1.807, 2.05) is 75.7 Å². The highest BCUT2D eigenvalue weighted by atomic mass is 32.2. The minimum Gasteiger partial charge on any atom is -0.342 e. The molecular formula is C24H29N5O2S. The summed E-state index contributed by atoms with van der Waals surface area (Å²) in [7, 11) is 1.85. The molecule has 7 nitrogen and oxygen atoms in total. The Labute approximate surface area is 193 Å². The van der Waals surface area contributed by atoms with Crippen molar-refractivity contribution in [3.05, 3.63) is 71.0 Å². The minimum absolute atomic E-state index is 0.102. The maximum absolute atomic E-state index is 12.7. The van der Waals surface area contributed by atoms with Gasteiger partial charge in [0.25, 0.3) is 5.91 Å². The molecule has 1 atom stereocenters. The number of carbonyl (C=O) groups excluding carboxylic acids is 2. The van der Waals surface area contributed by atoms with E-state index < -0.39 is 0 Å². The Bertz CT molecular complexity index is 1070. The molecule has 0 aliphatic carbocycles. The molecule has 168 valence electrons. The third kappa shape index (κ3) is 5.56. The number of aryl methyl sites for hydroxylation is 2. The summed E-state index contributed by atoms with van der Waals surface area (Å²) in [4.78, 5) is 25.2. The van der Waals surface area contributed by atoms with Crippen molar-refractivity contribution >= 4 is 29.3 Å². The van der Waals surface area contributed by atoms with E-state index >= 15 is 0 Å². The smallest absolute Gasteiger partial charge is 0.251 e. The number of hydrogen-bond donors (Lipinski definition) is 2. The van der Waals surface area contributed by atoms with E-state index in [2.05, 4.69) is 20.8 Å². The van der Waals surface area contributed by atoms with Gasteiger partial charge in [0.2, 0.25) is 5.91 Å². The molecule has 0 saturated carbocycles. The lowest BCUT2D eigenvalue weighted by molar-refractivity contribution is -0.113. The highest BCUT2D eigenvalue weighted by Crippen LogP contribution is 2.25. The van der Waals surface area contributed by atoms with Crippen LogP contribution in [0.5, 0.6) is 0 Å². The molecule has 3 aromatic rings. The highest BCUT2D eigenvalue weighted by Gasteiger charge is 2.25. The number of amides is 2. The second-order valence-electron chi connectivity index (χ2n) is 8.06. The molecule has 2 N–H and O–H groups in total. The highest BCUT2D eigenvalue weighted by molar-refractivity contribution is 7.99. The zero-order valence-electron chi connectivity index (χ0n) is 19.0. The van der Waals surface area contributed by atoms with Crippen molar-refractivity contribution in [2.24, 2.45) is 13.0 Å². The third-order valence-corrected chi connectivity index (χ3v) is 6.23. The van der Waals surface area contributed by atoms with Gasteiger partial charge in [0, 0.05) is 18.3 Å². The van der Waals surface area contributed by atoms with Gasteiger partial charge in [0.1, 0.15) is 0 Å². The third-order valence-electron chi connectivity index (χ3n) is 5.21. The van der Waals surface area contributed by atoms with Gasteiger partial charge in [-0.15, -0.1) is 10.2 Å². The SMILES string of the molecule is Cc1cccc(C)c1NC(=O)CSc1nnc(C(NC(=O)c2ccccc2)C(C)C)n1C. The number of anilines is 1. The second kappa shape index (κ2) is 10.5. The van der Waals surface area contributed by atoms with Crippen LogP contribution in [0.1, 0.15) is 47.2 Å². The monoisotopic (exact) mass is 451 g/mol. The van der Waals surface area contributed by atoms with E-state index in [1.165, 1.54) is 11.8 Å². The fraction of sp³-hybridized carbons (Fsp3) is 0.333. The Morgan fingerprint density at radius 2 is 1.66 bits per heavy atom. The molecule has 32 heavy (non-hydrogen) atoms. The lowest BCUT2D eigenvalue weighted by atomic mass is 10.0. The van der Waals surface area contributed by atoms with Crippen LogP contribution in [-0.4, -0.2) is 32.3 Å². The summed E-state index contributed by atoms with van der Waals surface area (Å²) in [5.74, 6) is 0.713. The summed E-state index contributed by atoms with van der Waals surface area (Å²) in [5, 5.41) is 15.2. The van der Waals surface area contributed by atoms with E-state index in [0.29, 0.717) is 16.5 Å². The zero-order chi connectivity index (χ0) is 23.3. The summed E-state index contributed by atoms with van der Waals surface area (Å²) < 4.78 is 1.84. The summed E-state index contributed by atoms with van der Waals surface area (Å²) in [6.45, 7) is 7.99. The average Bonchev–Trinajstić information content (AvgIpc) is 3.13. The Kier molecular flexibility index (Phi) is 7.69. The normalized spacial score (nSPS) is 11.9. The standard InChI is InChI=1S/C24H29N5O2S/c1-15(2)20(26-23(31)18-12-7-6-8-13-18)22-27-28-24(29(22)5)32-14-19(30)25-21-16(3)10-9-11-17(21)4/h6-13,15,20H,14H2,1-5H3,(H,25,30)(H,26,31). The van der Waals surface area contributed by atoms with E-state index in [-0.39, 0.29) is 29.5 Å². The lowest BCUT2D eigenvalue weighted by Crippen LogP contribution is -2.33. The molecule has 0 bridgehead atoms. The van der Waals surface area contributed by atoms with Crippen LogP contribution in [0.25, 0.3) is 0 Å². The van der Waals surface area contributed by atoms with Gasteiger partial charge < -0.3 is 15.2 Å². The first kappa shape index (κ1) is 23.5. The Morgan fingerprint density at radius 3 is 2.28 bits per heavy atom. The molecule has 0 radical (unpaired) electrons. The van der Waals surface area contributed by atoms with Gasteiger partial charge in [0.05, 0.1) is 11.8 Å². The van der Waals surface area contributed by atoms with Gasteiger partial charge in [-0.05, 0) is 43.0 Å². The summed E-state index contributed by atoms with van der Waals surface area (Å²) >= 11 is 1.32. The van der Waals surface area contributed by atoms with E-state index in [4.69, 9.17) is 0 Å². The summed E-state index contributed by atoms with van der Waals surface area (Å²) in [5.41, 5.74) is 3.50. The first-order valence-electron chi connectivity index (χ1n) is 10.5. The number of nitrogens with one attached hydrogen (secondary N) is 2. The van der Waals surface area contributed by atoms with Crippen molar-refractivity contribution in [3.63, 3.8) is 0 Å². The van der Waals surface area contributed by atoms with E-state index in [0.717, 1.165) is 16.8 Å². The molecule has 1 heterocycles. The van der Waals surface area contributed by atoms with Crippen molar-refractivity contribution in [2.75, 3.05) is 11.1 Å². The molecule has 2 amide bonds. The van der Waals surface area contributed by atoms with Crippen molar-refractivity contribution in [2.45, 2.75) is 38.9 Å². The van der Waals surface area contributed by atoms with Gasteiger partial charge >= 0.3 is 0 Å². The van der Waals surface area contributed by atoms with Crippen LogP contribution in [0.2, 0.25) is 0 Å². The first-order valence-corrected chi connectivity index (χ1v) is 11.5. The molecule has 0 fully saturated rings. The van der Waals surface area contributed by atoms with Crippen LogP contribution in [0, 0.1) is 19.8 Å². The Balaban J connectivity index is 1.67. The second-order valence-corrected chi connectivity index (χ2v) is 9.01. The van der Waals surface area contributed by atoms with Crippen LogP contribution in [0.15, 0.2) is 53.7 Å². The predicted molar refractivity (Wildman–Crippen MR) is 128 cm³/mol. The predicted octanol–water partition coefficient (Wildman–Crippen LogP) is 4.29. The molecule has 0 spiro atoms. The number of carbonyl (C=O) groups is 2. The first-order chi connectivity index (χ1) is 15.3. The van der Waals surface area contributed by atoms with Crippen LogP contribution >= 0.6 is 11.8 Å². The van der Waals surface area contributed by atoms with Crippen LogP contribution < -0.4 is 10.6 Å². The van der Waals surface area contributed by atoms with Crippen LogP contribution in [0.4, 0.5) is 5.69 Å². The topological polar surface area (TPSA) is 88.9 Å². The molecule has 0 aliphatic heterocycles. The maximum atomic E-state index is 12.7. The molecule has 3 rings (SSSR count). The van der Waals surface area contributed by atoms with E-state index in [9.17, 15) is 9.59 Å². The Morgan fingerprint density at radius 1 is 1.00 bits per heavy atom. The fourth-order valence-electron chi connectivity index (χ4n) is 3.38. The van der Waals surface area contributed by atoms with Gasteiger partial charge in [-0.1, -0.05) is 62.0 Å². The van der Waals surface area contributed by atoms with Crippen molar-refractivity contribution in [3.8, 4) is 0 Å². The molecule has 0 saturated heterocycles. The average molecular weight is 452 g/mol. The fourth-order valence-corrected chi connectivity index (χ4v) is 4.10. The van der Waals surface area contributed by atoms with Crippen LogP contribution in [-0.2, 0) is 11.8 Å². The summed E-state index contributed by atoms with van der Waals surface area (Å²) in [6.07, 6.45) is 0. The van der Waals surface area contributed by atoms with Crippen molar-refractivity contribution in [1.82, 2.24) is 20.1 Å². The van der Waals surface area contributed by atoms with Crippen molar-refractivity contribution in [1.29, 1.82) is 0 Å². The number of hydrogen-bond acceptors (Lipinski definition) is 5. The van der Waals surface area contributed by atoms with Gasteiger partial charge in [-0.2, -0.15) is 0 Å². The number of aromatic nitrogens is 3. The number of thioether (sulfide) groups is 1. The number of nitrogens with zero attached hydrogens (tertiary/aromatic N) is 3. The quantitative estimate of drug-likeness (QED) is 0.499. The van der Waals surface area contributed by atoms with Crippen LogP contribution in [0.3, 0.4) is 0 Å². The summed E-state index contributed by atoms with van der Waals surface area (Å²) in [6, 6.07) is 14.7. The van der Waals surface area contributed by atoms with Gasteiger partial charge in [0.15, 0.2) is 11.0 Å².